The molecule has 24 heavy (non-hydrogen) atoms. The van der Waals surface area contributed by atoms with Crippen LogP contribution < -0.4 is 15.4 Å². The smallest absolute Gasteiger partial charge is 0.256 e. The summed E-state index contributed by atoms with van der Waals surface area (Å²) >= 11 is 5.26. The van der Waals surface area contributed by atoms with E-state index >= 15 is 0 Å². The molecule has 0 fully saturated rings. The van der Waals surface area contributed by atoms with Gasteiger partial charge in [0.15, 0.2) is 0 Å². The van der Waals surface area contributed by atoms with Gasteiger partial charge in [-0.2, -0.15) is 0 Å². The molecular formula is C18H19BrN2O2S. The van der Waals surface area contributed by atoms with Crippen molar-refractivity contribution >= 4 is 38.2 Å². The molecule has 1 amide bonds. The van der Waals surface area contributed by atoms with Crippen LogP contribution in [0.4, 0.5) is 5.00 Å². The van der Waals surface area contributed by atoms with Crippen LogP contribution in [0.1, 0.15) is 45.9 Å². The zero-order valence-electron chi connectivity index (χ0n) is 13.6. The third-order valence-corrected chi connectivity index (χ3v) is 6.60. The number of methoxy groups -OCH3 is 1. The summed E-state index contributed by atoms with van der Waals surface area (Å²) in [6.45, 7) is 2.28. The Morgan fingerprint density at radius 2 is 2.17 bits per heavy atom. The highest BCUT2D eigenvalue weighted by atomic mass is 79.9. The maximum absolute atomic E-state index is 12.7. The summed E-state index contributed by atoms with van der Waals surface area (Å²) in [7, 11) is 1.64. The van der Waals surface area contributed by atoms with E-state index in [-0.39, 0.29) is 12.1 Å². The Bertz CT molecular complexity index is 818. The summed E-state index contributed by atoms with van der Waals surface area (Å²) in [4.78, 5) is 14.1. The lowest BCUT2D eigenvalue weighted by Gasteiger charge is -2.27. The molecule has 1 aromatic heterocycles. The van der Waals surface area contributed by atoms with Crippen molar-refractivity contribution < 1.29 is 9.53 Å². The summed E-state index contributed by atoms with van der Waals surface area (Å²) in [6, 6.07) is 5.86. The molecule has 2 unspecified atom stereocenters. The van der Waals surface area contributed by atoms with Crippen LogP contribution in [0.5, 0.6) is 5.75 Å². The monoisotopic (exact) mass is 406 g/mol. The van der Waals surface area contributed by atoms with Gasteiger partial charge in [-0.05, 0) is 64.4 Å². The number of carbonyl (C=O) groups is 1. The van der Waals surface area contributed by atoms with Gasteiger partial charge in [0.1, 0.15) is 16.9 Å². The van der Waals surface area contributed by atoms with Gasteiger partial charge in [-0.1, -0.05) is 13.0 Å². The van der Waals surface area contributed by atoms with E-state index in [2.05, 4.69) is 33.5 Å². The highest BCUT2D eigenvalue weighted by Crippen LogP contribution is 2.42. The first-order valence-electron chi connectivity index (χ1n) is 8.12. The highest BCUT2D eigenvalue weighted by Gasteiger charge is 2.33. The Morgan fingerprint density at radius 3 is 2.92 bits per heavy atom. The van der Waals surface area contributed by atoms with Crippen LogP contribution >= 0.6 is 27.3 Å². The number of ether oxygens (including phenoxy) is 1. The van der Waals surface area contributed by atoms with E-state index in [0.29, 0.717) is 5.92 Å². The molecule has 0 saturated heterocycles. The molecule has 6 heteroatoms. The van der Waals surface area contributed by atoms with Gasteiger partial charge in [-0.3, -0.25) is 4.79 Å². The highest BCUT2D eigenvalue weighted by molar-refractivity contribution is 9.10. The van der Waals surface area contributed by atoms with Gasteiger partial charge in [-0.25, -0.2) is 0 Å². The first-order chi connectivity index (χ1) is 11.6. The Labute approximate surface area is 153 Å². The van der Waals surface area contributed by atoms with Gasteiger partial charge in [0.2, 0.25) is 0 Å². The fourth-order valence-corrected chi connectivity index (χ4v) is 5.49. The molecule has 0 radical (unpaired) electrons. The van der Waals surface area contributed by atoms with Crippen molar-refractivity contribution in [2.45, 2.75) is 32.4 Å². The van der Waals surface area contributed by atoms with Crippen LogP contribution in [0.15, 0.2) is 22.7 Å². The molecule has 1 aliphatic heterocycles. The Hall–Kier alpha value is -1.53. The van der Waals surface area contributed by atoms with E-state index in [0.717, 1.165) is 45.6 Å². The summed E-state index contributed by atoms with van der Waals surface area (Å²) in [6.07, 6.45) is 3.04. The molecule has 2 aliphatic rings. The maximum Gasteiger partial charge on any atom is 0.256 e. The van der Waals surface area contributed by atoms with Gasteiger partial charge < -0.3 is 15.4 Å². The van der Waals surface area contributed by atoms with Crippen molar-refractivity contribution in [3.05, 3.63) is 44.2 Å². The molecule has 2 atom stereocenters. The Kier molecular flexibility index (Phi) is 4.04. The predicted molar refractivity (Wildman–Crippen MR) is 100 cm³/mol. The largest absolute Gasteiger partial charge is 0.496 e. The number of carbonyl (C=O) groups excluding carboxylic acids is 1. The Balaban J connectivity index is 1.67. The second kappa shape index (κ2) is 6.08. The van der Waals surface area contributed by atoms with Crippen molar-refractivity contribution in [1.82, 2.24) is 5.32 Å². The van der Waals surface area contributed by atoms with E-state index in [4.69, 9.17) is 4.74 Å². The number of amides is 1. The normalized spacial score (nSPS) is 22.2. The molecule has 4 nitrogen and oxygen atoms in total. The van der Waals surface area contributed by atoms with Gasteiger partial charge in [-0.15, -0.1) is 11.3 Å². The zero-order chi connectivity index (χ0) is 16.8. The van der Waals surface area contributed by atoms with Crippen LogP contribution in [0.3, 0.4) is 0 Å². The molecular weight excluding hydrogens is 388 g/mol. The molecule has 2 aromatic rings. The van der Waals surface area contributed by atoms with Crippen LogP contribution in [-0.4, -0.2) is 13.0 Å². The topological polar surface area (TPSA) is 50.4 Å². The molecule has 1 aliphatic carbocycles. The number of thiophene rings is 1. The molecule has 1 aromatic carbocycles. The lowest BCUT2D eigenvalue weighted by Crippen LogP contribution is -2.38. The van der Waals surface area contributed by atoms with Crippen LogP contribution in [0.2, 0.25) is 0 Å². The summed E-state index contributed by atoms with van der Waals surface area (Å²) in [5, 5.41) is 7.61. The molecule has 2 heterocycles. The molecule has 126 valence electrons. The van der Waals surface area contributed by atoms with E-state index in [9.17, 15) is 4.79 Å². The summed E-state index contributed by atoms with van der Waals surface area (Å²) < 4.78 is 6.16. The summed E-state index contributed by atoms with van der Waals surface area (Å²) in [5.41, 5.74) is 3.12. The van der Waals surface area contributed by atoms with Gasteiger partial charge in [0.25, 0.3) is 5.91 Å². The minimum absolute atomic E-state index is 0.0349. The van der Waals surface area contributed by atoms with Crippen molar-refractivity contribution in [2.75, 3.05) is 12.4 Å². The van der Waals surface area contributed by atoms with E-state index in [1.54, 1.807) is 18.4 Å². The average molecular weight is 407 g/mol. The SMILES string of the molecule is COc1ccc(C2NC(=O)c3c(sc4c3CCC(C)C4)N2)cc1Br. The number of hydrogen-bond acceptors (Lipinski definition) is 4. The number of anilines is 1. The Morgan fingerprint density at radius 1 is 1.33 bits per heavy atom. The quantitative estimate of drug-likeness (QED) is 0.771. The summed E-state index contributed by atoms with van der Waals surface area (Å²) in [5.74, 6) is 1.52. The third-order valence-electron chi connectivity index (χ3n) is 4.80. The minimum Gasteiger partial charge on any atom is -0.496 e. The maximum atomic E-state index is 12.7. The van der Waals surface area contributed by atoms with E-state index in [1.807, 2.05) is 18.2 Å². The molecule has 0 spiro atoms. The van der Waals surface area contributed by atoms with Gasteiger partial charge in [0.05, 0.1) is 17.1 Å². The number of fused-ring (bicyclic) bond motifs is 3. The van der Waals surface area contributed by atoms with Crippen molar-refractivity contribution in [1.29, 1.82) is 0 Å². The van der Waals surface area contributed by atoms with Crippen LogP contribution in [0, 0.1) is 5.92 Å². The average Bonchev–Trinajstić information content (AvgIpc) is 2.92. The lowest BCUT2D eigenvalue weighted by atomic mass is 9.88. The van der Waals surface area contributed by atoms with Crippen molar-refractivity contribution in [3.8, 4) is 5.75 Å². The number of nitrogens with one attached hydrogen (secondary N) is 2. The van der Waals surface area contributed by atoms with E-state index < -0.39 is 0 Å². The van der Waals surface area contributed by atoms with Gasteiger partial charge in [0, 0.05) is 4.88 Å². The number of rotatable bonds is 2. The molecule has 4 rings (SSSR count). The second-order valence-corrected chi connectivity index (χ2v) is 8.46. The fraction of sp³-hybridized carbons (Fsp3) is 0.389. The van der Waals surface area contributed by atoms with Gasteiger partial charge >= 0.3 is 0 Å². The second-order valence-electron chi connectivity index (χ2n) is 6.50. The number of halogens is 1. The molecule has 2 N–H and O–H groups in total. The predicted octanol–water partition coefficient (Wildman–Crippen LogP) is 4.50. The third kappa shape index (κ3) is 2.62. The first-order valence-corrected chi connectivity index (χ1v) is 9.73. The zero-order valence-corrected chi connectivity index (χ0v) is 16.0. The lowest BCUT2D eigenvalue weighted by molar-refractivity contribution is 0.0935. The van der Waals surface area contributed by atoms with Crippen molar-refractivity contribution in [2.24, 2.45) is 5.92 Å². The first kappa shape index (κ1) is 16.0. The van der Waals surface area contributed by atoms with Crippen LogP contribution in [-0.2, 0) is 12.8 Å². The fourth-order valence-electron chi connectivity index (χ4n) is 3.49. The standard InChI is InChI=1S/C18H19BrN2O2S/c1-9-3-5-11-14(7-9)24-18-15(11)17(22)20-16(21-18)10-4-6-13(23-2)12(19)8-10/h4,6,8-9,16,21H,3,5,7H2,1-2H3,(H,20,22). The van der Waals surface area contributed by atoms with Crippen LogP contribution in [0.25, 0.3) is 0 Å². The molecule has 0 saturated carbocycles. The van der Waals surface area contributed by atoms with Crippen molar-refractivity contribution in [3.63, 3.8) is 0 Å². The molecule has 0 bridgehead atoms. The number of benzene rings is 1. The number of hydrogen-bond donors (Lipinski definition) is 2. The van der Waals surface area contributed by atoms with E-state index in [1.165, 1.54) is 10.4 Å². The minimum atomic E-state index is -0.218.